The number of para-hydroxylation sites is 2. The van der Waals surface area contributed by atoms with Gasteiger partial charge in [-0.05, 0) is 36.8 Å². The largest absolute Gasteiger partial charge is 0.333 e. The van der Waals surface area contributed by atoms with Crippen LogP contribution in [0.1, 0.15) is 17.7 Å². The summed E-state index contributed by atoms with van der Waals surface area (Å²) in [5.41, 5.74) is 9.32. The normalized spacial score (nSPS) is 14.3. The molecule has 5 heteroatoms. The minimum Gasteiger partial charge on any atom is -0.333 e. The molecule has 20 heavy (non-hydrogen) atoms. The van der Waals surface area contributed by atoms with E-state index in [1.54, 1.807) is 24.2 Å². The smallest absolute Gasteiger partial charge is 0.167 e. The predicted molar refractivity (Wildman–Crippen MR) is 82.6 cm³/mol. The summed E-state index contributed by atoms with van der Waals surface area (Å²) in [6, 6.07) is 12.1. The van der Waals surface area contributed by atoms with Crippen LogP contribution in [-0.2, 0) is 0 Å². The summed E-state index contributed by atoms with van der Waals surface area (Å²) in [5.74, 6) is 0. The number of nitrogens with two attached hydrogens (primary N) is 1. The van der Waals surface area contributed by atoms with Gasteiger partial charge in [-0.15, -0.1) is 0 Å². The second kappa shape index (κ2) is 5.64. The van der Waals surface area contributed by atoms with Gasteiger partial charge in [0.15, 0.2) is 5.16 Å². The fraction of sp³-hybridized carbons (Fsp3) is 0.200. The number of aromatic amines is 1. The monoisotopic (exact) mass is 284 g/mol. The van der Waals surface area contributed by atoms with Crippen LogP contribution >= 0.6 is 11.8 Å². The topological polar surface area (TPSA) is 67.6 Å². The van der Waals surface area contributed by atoms with Crippen LogP contribution in [0.25, 0.3) is 11.0 Å². The molecule has 4 nitrogen and oxygen atoms in total. The van der Waals surface area contributed by atoms with Gasteiger partial charge < -0.3 is 10.7 Å². The summed E-state index contributed by atoms with van der Waals surface area (Å²) in [7, 11) is 0. The molecule has 0 saturated carbocycles. The first-order valence-corrected chi connectivity index (χ1v) is 7.39. The quantitative estimate of drug-likeness (QED) is 0.722. The summed E-state index contributed by atoms with van der Waals surface area (Å²) in [4.78, 5) is 12.0. The fourth-order valence-electron chi connectivity index (χ4n) is 2.14. The van der Waals surface area contributed by atoms with Gasteiger partial charge in [-0.3, -0.25) is 4.98 Å². The molecule has 0 aliphatic heterocycles. The van der Waals surface area contributed by atoms with Crippen molar-refractivity contribution in [1.82, 2.24) is 15.0 Å². The Morgan fingerprint density at radius 2 is 1.90 bits per heavy atom. The van der Waals surface area contributed by atoms with E-state index >= 15 is 0 Å². The number of hydrogen-bond acceptors (Lipinski definition) is 4. The lowest BCUT2D eigenvalue weighted by Crippen LogP contribution is -2.22. The number of rotatable bonds is 4. The maximum atomic E-state index is 6.13. The van der Waals surface area contributed by atoms with E-state index in [9.17, 15) is 0 Å². The van der Waals surface area contributed by atoms with Crippen LogP contribution in [0.2, 0.25) is 0 Å². The number of thioether (sulfide) groups is 1. The zero-order chi connectivity index (χ0) is 13.9. The van der Waals surface area contributed by atoms with E-state index in [4.69, 9.17) is 5.73 Å². The van der Waals surface area contributed by atoms with Crippen LogP contribution in [0.3, 0.4) is 0 Å². The number of aromatic nitrogens is 3. The van der Waals surface area contributed by atoms with Gasteiger partial charge in [-0.1, -0.05) is 23.9 Å². The molecule has 0 saturated heterocycles. The Balaban J connectivity index is 1.90. The third-order valence-electron chi connectivity index (χ3n) is 3.12. The van der Waals surface area contributed by atoms with Crippen molar-refractivity contribution in [1.29, 1.82) is 0 Å². The van der Waals surface area contributed by atoms with E-state index in [0.717, 1.165) is 16.2 Å². The van der Waals surface area contributed by atoms with Gasteiger partial charge in [0.2, 0.25) is 0 Å². The van der Waals surface area contributed by atoms with E-state index in [2.05, 4.69) is 15.0 Å². The molecule has 0 aliphatic carbocycles. The summed E-state index contributed by atoms with van der Waals surface area (Å²) in [6.45, 7) is 2.01. The van der Waals surface area contributed by atoms with Crippen molar-refractivity contribution < 1.29 is 0 Å². The standard InChI is InChI=1S/C15H16N4S/c1-10(16)14(11-6-8-17-9-7-11)20-15-18-12-4-2-3-5-13(12)19-15/h2-10,14H,16H2,1H3,(H,18,19). The van der Waals surface area contributed by atoms with E-state index in [-0.39, 0.29) is 11.3 Å². The minimum atomic E-state index is 0.0237. The van der Waals surface area contributed by atoms with Gasteiger partial charge in [0.1, 0.15) is 0 Å². The highest BCUT2D eigenvalue weighted by Gasteiger charge is 2.19. The minimum absolute atomic E-state index is 0.0237. The lowest BCUT2D eigenvalue weighted by Gasteiger charge is -2.19. The molecule has 3 N–H and O–H groups in total. The number of fused-ring (bicyclic) bond motifs is 1. The molecular formula is C15H16N4S. The summed E-state index contributed by atoms with van der Waals surface area (Å²) >= 11 is 1.66. The molecule has 2 aromatic heterocycles. The lowest BCUT2D eigenvalue weighted by atomic mass is 10.1. The fourth-order valence-corrected chi connectivity index (χ4v) is 3.21. The van der Waals surface area contributed by atoms with Gasteiger partial charge in [0.25, 0.3) is 0 Å². The Morgan fingerprint density at radius 3 is 2.60 bits per heavy atom. The van der Waals surface area contributed by atoms with Crippen LogP contribution in [0.4, 0.5) is 0 Å². The average molecular weight is 284 g/mol. The predicted octanol–water partition coefficient (Wildman–Crippen LogP) is 3.14. The zero-order valence-corrected chi connectivity index (χ0v) is 12.0. The third kappa shape index (κ3) is 2.69. The van der Waals surface area contributed by atoms with Gasteiger partial charge in [-0.2, -0.15) is 0 Å². The Morgan fingerprint density at radius 1 is 1.15 bits per heavy atom. The lowest BCUT2D eigenvalue weighted by molar-refractivity contribution is 0.718. The summed E-state index contributed by atoms with van der Waals surface area (Å²) < 4.78 is 0. The second-order valence-corrected chi connectivity index (χ2v) is 5.87. The van der Waals surface area contributed by atoms with Crippen molar-refractivity contribution in [3.63, 3.8) is 0 Å². The molecule has 0 amide bonds. The molecule has 0 spiro atoms. The van der Waals surface area contributed by atoms with Gasteiger partial charge in [0, 0.05) is 18.4 Å². The highest BCUT2D eigenvalue weighted by molar-refractivity contribution is 7.99. The van der Waals surface area contributed by atoms with Crippen molar-refractivity contribution in [2.24, 2.45) is 5.73 Å². The van der Waals surface area contributed by atoms with Gasteiger partial charge in [0.05, 0.1) is 16.3 Å². The first-order valence-electron chi connectivity index (χ1n) is 6.51. The number of nitrogens with one attached hydrogen (secondary N) is 1. The van der Waals surface area contributed by atoms with Gasteiger partial charge >= 0.3 is 0 Å². The molecule has 2 unspecified atom stereocenters. The van der Waals surface area contributed by atoms with Crippen LogP contribution < -0.4 is 5.73 Å². The Kier molecular flexibility index (Phi) is 3.71. The molecule has 3 aromatic rings. The number of H-pyrrole nitrogens is 1. The Labute approximate surface area is 121 Å². The van der Waals surface area contributed by atoms with E-state index in [0.29, 0.717) is 0 Å². The van der Waals surface area contributed by atoms with Gasteiger partial charge in [-0.25, -0.2) is 4.98 Å². The molecule has 2 atom stereocenters. The number of hydrogen-bond donors (Lipinski definition) is 2. The van der Waals surface area contributed by atoms with Crippen molar-refractivity contribution in [3.05, 3.63) is 54.4 Å². The molecule has 0 bridgehead atoms. The number of pyridine rings is 1. The summed E-state index contributed by atoms with van der Waals surface area (Å²) in [6.07, 6.45) is 3.59. The Hall–Kier alpha value is -1.85. The zero-order valence-electron chi connectivity index (χ0n) is 11.2. The summed E-state index contributed by atoms with van der Waals surface area (Å²) in [5, 5.41) is 1.05. The molecular weight excluding hydrogens is 268 g/mol. The molecule has 0 fully saturated rings. The van der Waals surface area contributed by atoms with Crippen LogP contribution in [-0.4, -0.2) is 21.0 Å². The van der Waals surface area contributed by atoms with Crippen LogP contribution in [0, 0.1) is 0 Å². The Bertz CT molecular complexity index is 660. The molecule has 0 radical (unpaired) electrons. The molecule has 1 aromatic carbocycles. The molecule has 102 valence electrons. The first kappa shape index (κ1) is 13.1. The number of nitrogens with zero attached hydrogens (tertiary/aromatic N) is 2. The van der Waals surface area contributed by atoms with Crippen molar-refractivity contribution >= 4 is 22.8 Å². The molecule has 2 heterocycles. The van der Waals surface area contributed by atoms with Crippen molar-refractivity contribution in [2.75, 3.05) is 0 Å². The first-order chi connectivity index (χ1) is 9.74. The molecule has 3 rings (SSSR count). The maximum absolute atomic E-state index is 6.13. The van der Waals surface area contributed by atoms with Crippen molar-refractivity contribution in [2.45, 2.75) is 23.4 Å². The van der Waals surface area contributed by atoms with E-state index < -0.39 is 0 Å². The van der Waals surface area contributed by atoms with E-state index in [1.807, 2.05) is 43.3 Å². The third-order valence-corrected chi connectivity index (χ3v) is 4.49. The number of imidazole rings is 1. The molecule has 0 aliphatic rings. The average Bonchev–Trinajstić information content (AvgIpc) is 2.88. The van der Waals surface area contributed by atoms with Crippen molar-refractivity contribution in [3.8, 4) is 0 Å². The maximum Gasteiger partial charge on any atom is 0.167 e. The second-order valence-electron chi connectivity index (χ2n) is 4.74. The highest BCUT2D eigenvalue weighted by Crippen LogP contribution is 2.36. The number of benzene rings is 1. The van der Waals surface area contributed by atoms with Crippen LogP contribution in [0.5, 0.6) is 0 Å². The SMILES string of the molecule is CC(N)C(Sc1nc2ccccc2[nH]1)c1ccncc1. The van der Waals surface area contributed by atoms with E-state index in [1.165, 1.54) is 5.56 Å². The van der Waals surface area contributed by atoms with Crippen LogP contribution in [0.15, 0.2) is 53.9 Å². The highest BCUT2D eigenvalue weighted by atomic mass is 32.2.